The molecule has 0 N–H and O–H groups in total. The molecular formula is C22H32O8. The summed E-state index contributed by atoms with van der Waals surface area (Å²) in [6, 6.07) is 0. The topological polar surface area (TPSA) is 97.4 Å². The lowest BCUT2D eigenvalue weighted by atomic mass is 9.47. The zero-order valence-corrected chi connectivity index (χ0v) is 18.7. The van der Waals surface area contributed by atoms with Crippen molar-refractivity contribution >= 4 is 17.9 Å². The third kappa shape index (κ3) is 3.64. The second-order valence-electron chi connectivity index (χ2n) is 9.25. The molecule has 0 aromatic rings. The van der Waals surface area contributed by atoms with Crippen molar-refractivity contribution < 1.29 is 38.1 Å². The molecule has 8 heteroatoms. The fraction of sp³-hybridized carbons (Fsp3) is 0.773. The van der Waals surface area contributed by atoms with E-state index < -0.39 is 54.0 Å². The van der Waals surface area contributed by atoms with Gasteiger partial charge in [0.1, 0.15) is 23.9 Å². The lowest BCUT2D eigenvalue weighted by Crippen LogP contribution is -2.68. The Morgan fingerprint density at radius 3 is 2.13 bits per heavy atom. The van der Waals surface area contributed by atoms with Crippen LogP contribution in [0.3, 0.4) is 0 Å². The summed E-state index contributed by atoms with van der Waals surface area (Å²) in [6.07, 6.45) is 0.268. The Morgan fingerprint density at radius 1 is 1.03 bits per heavy atom. The van der Waals surface area contributed by atoms with Crippen LogP contribution >= 0.6 is 0 Å². The van der Waals surface area contributed by atoms with Gasteiger partial charge in [-0.25, -0.2) is 0 Å². The van der Waals surface area contributed by atoms with Crippen molar-refractivity contribution in [3.63, 3.8) is 0 Å². The highest BCUT2D eigenvalue weighted by molar-refractivity contribution is 5.67. The van der Waals surface area contributed by atoms with Gasteiger partial charge in [-0.3, -0.25) is 14.4 Å². The van der Waals surface area contributed by atoms with Crippen LogP contribution in [0.15, 0.2) is 11.6 Å². The first kappa shape index (κ1) is 22.7. The summed E-state index contributed by atoms with van der Waals surface area (Å²) < 4.78 is 29.2. The molecule has 0 radical (unpaired) electrons. The van der Waals surface area contributed by atoms with Crippen LogP contribution in [0.4, 0.5) is 0 Å². The Hall–Kier alpha value is -1.93. The lowest BCUT2D eigenvalue weighted by Gasteiger charge is -2.60. The monoisotopic (exact) mass is 424 g/mol. The van der Waals surface area contributed by atoms with Crippen LogP contribution in [0.1, 0.15) is 54.4 Å². The molecule has 2 unspecified atom stereocenters. The highest BCUT2D eigenvalue weighted by Crippen LogP contribution is 2.68. The Balaban J connectivity index is 2.18. The minimum absolute atomic E-state index is 0.150. The quantitative estimate of drug-likeness (QED) is 0.386. The van der Waals surface area contributed by atoms with Gasteiger partial charge in [-0.05, 0) is 18.8 Å². The van der Waals surface area contributed by atoms with E-state index in [0.717, 1.165) is 12.0 Å². The summed E-state index contributed by atoms with van der Waals surface area (Å²) in [5.74, 6) is -1.97. The number of carbonyl (C=O) groups excluding carboxylic acids is 3. The van der Waals surface area contributed by atoms with E-state index in [1.54, 1.807) is 7.11 Å². The van der Waals surface area contributed by atoms with Crippen molar-refractivity contribution in [1.29, 1.82) is 0 Å². The van der Waals surface area contributed by atoms with Gasteiger partial charge in [-0.1, -0.05) is 25.5 Å². The van der Waals surface area contributed by atoms with Gasteiger partial charge in [-0.2, -0.15) is 0 Å². The fourth-order valence-electron chi connectivity index (χ4n) is 5.74. The molecule has 1 saturated carbocycles. The van der Waals surface area contributed by atoms with Crippen molar-refractivity contribution in [3.8, 4) is 0 Å². The van der Waals surface area contributed by atoms with Gasteiger partial charge in [0, 0.05) is 40.2 Å². The summed E-state index contributed by atoms with van der Waals surface area (Å²) in [4.78, 5) is 35.8. The maximum atomic E-state index is 12.0. The highest BCUT2D eigenvalue weighted by Gasteiger charge is 2.76. The fourth-order valence-corrected chi connectivity index (χ4v) is 5.74. The molecule has 168 valence electrons. The molecular weight excluding hydrogens is 392 g/mol. The zero-order valence-electron chi connectivity index (χ0n) is 18.7. The molecule has 1 aliphatic heterocycles. The predicted molar refractivity (Wildman–Crippen MR) is 105 cm³/mol. The number of hydrogen-bond donors (Lipinski definition) is 0. The molecule has 7 atom stereocenters. The van der Waals surface area contributed by atoms with Crippen LogP contribution in [0.25, 0.3) is 0 Å². The summed E-state index contributed by atoms with van der Waals surface area (Å²) in [5.41, 5.74) is -0.292. The van der Waals surface area contributed by atoms with Crippen molar-refractivity contribution in [2.24, 2.45) is 17.3 Å². The first-order chi connectivity index (χ1) is 13.9. The number of methoxy groups -OCH3 is 1. The largest absolute Gasteiger partial charge is 0.459 e. The highest BCUT2D eigenvalue weighted by atomic mass is 16.7. The van der Waals surface area contributed by atoms with Crippen LogP contribution in [0.5, 0.6) is 0 Å². The minimum Gasteiger partial charge on any atom is -0.459 e. The molecule has 8 nitrogen and oxygen atoms in total. The zero-order chi connectivity index (χ0) is 22.4. The van der Waals surface area contributed by atoms with E-state index in [2.05, 4.69) is 13.8 Å². The molecule has 30 heavy (non-hydrogen) atoms. The molecule has 3 rings (SSSR count). The Labute approximate surface area is 177 Å². The number of esters is 3. The second kappa shape index (κ2) is 7.96. The molecule has 1 heterocycles. The molecule has 0 aromatic carbocycles. The van der Waals surface area contributed by atoms with E-state index in [4.69, 9.17) is 23.7 Å². The number of carbonyl (C=O) groups is 3. The van der Waals surface area contributed by atoms with Crippen LogP contribution in [0, 0.1) is 17.3 Å². The van der Waals surface area contributed by atoms with Crippen LogP contribution in [0.2, 0.25) is 0 Å². The van der Waals surface area contributed by atoms with Gasteiger partial charge in [0.15, 0.2) is 0 Å². The van der Waals surface area contributed by atoms with E-state index in [1.807, 2.05) is 13.0 Å². The van der Waals surface area contributed by atoms with Gasteiger partial charge >= 0.3 is 17.9 Å². The third-order valence-electron chi connectivity index (χ3n) is 6.73. The number of ether oxygens (including phenoxy) is 5. The van der Waals surface area contributed by atoms with E-state index in [-0.39, 0.29) is 11.3 Å². The molecule has 0 amide bonds. The molecule has 2 fully saturated rings. The molecule has 2 bridgehead atoms. The standard InChI is InChI=1S/C22H32O8/c1-11-8-16(26-7)19(28-13(3)24)18-15-10-21(5,6)22(15,17(9-11)27-12(2)23)30-20(18)29-14(4)25/h8,15-20H,9-10H2,1-7H3/b11-8-/t15-,16-,17+,18?,19?,20-,22-/m1/s1. The third-order valence-corrected chi connectivity index (χ3v) is 6.73. The normalized spacial score (nSPS) is 41.0. The van der Waals surface area contributed by atoms with Crippen molar-refractivity contribution in [3.05, 3.63) is 11.6 Å². The average molecular weight is 424 g/mol. The van der Waals surface area contributed by atoms with Crippen molar-refractivity contribution in [2.75, 3.05) is 7.11 Å². The molecule has 1 saturated heterocycles. The Bertz CT molecular complexity index is 756. The predicted octanol–water partition coefficient (Wildman–Crippen LogP) is 2.54. The van der Waals surface area contributed by atoms with E-state index in [1.165, 1.54) is 20.8 Å². The minimum atomic E-state index is -0.943. The molecule has 2 aliphatic carbocycles. The first-order valence-electron chi connectivity index (χ1n) is 10.3. The van der Waals surface area contributed by atoms with Crippen LogP contribution in [-0.2, 0) is 38.1 Å². The van der Waals surface area contributed by atoms with Crippen LogP contribution in [-0.4, -0.2) is 55.2 Å². The van der Waals surface area contributed by atoms with Crippen molar-refractivity contribution in [2.45, 2.75) is 84.6 Å². The summed E-state index contributed by atoms with van der Waals surface area (Å²) in [7, 11) is 1.54. The van der Waals surface area contributed by atoms with E-state index in [9.17, 15) is 14.4 Å². The summed E-state index contributed by atoms with van der Waals surface area (Å²) >= 11 is 0. The smallest absolute Gasteiger partial charge is 0.304 e. The molecule has 3 aliphatic rings. The van der Waals surface area contributed by atoms with Gasteiger partial charge in [0.05, 0.1) is 5.92 Å². The maximum absolute atomic E-state index is 12.0. The second-order valence-corrected chi connectivity index (χ2v) is 9.25. The SMILES string of the molecule is CO[C@@H]1/C=C(/C)C[C@H](OC(C)=O)[C@]23O[C@@H](OC(C)=O)C(C1OC(C)=O)[C@H]2CC3(C)C. The van der Waals surface area contributed by atoms with Crippen molar-refractivity contribution in [1.82, 2.24) is 0 Å². The lowest BCUT2D eigenvalue weighted by molar-refractivity contribution is -0.279. The van der Waals surface area contributed by atoms with Gasteiger partial charge in [-0.15, -0.1) is 0 Å². The van der Waals surface area contributed by atoms with Crippen LogP contribution < -0.4 is 0 Å². The van der Waals surface area contributed by atoms with Gasteiger partial charge in [0.2, 0.25) is 6.29 Å². The number of rotatable bonds is 4. The van der Waals surface area contributed by atoms with Gasteiger partial charge < -0.3 is 23.7 Å². The number of hydrogen-bond acceptors (Lipinski definition) is 8. The Morgan fingerprint density at radius 2 is 1.63 bits per heavy atom. The molecule has 0 aromatic heterocycles. The average Bonchev–Trinajstić information content (AvgIpc) is 2.87. The summed E-state index contributed by atoms with van der Waals surface area (Å²) in [6.45, 7) is 10.1. The molecule has 0 spiro atoms. The Kier molecular flexibility index (Phi) is 6.04. The van der Waals surface area contributed by atoms with E-state index >= 15 is 0 Å². The first-order valence-corrected chi connectivity index (χ1v) is 10.3. The van der Waals surface area contributed by atoms with Gasteiger partial charge in [0.25, 0.3) is 0 Å². The van der Waals surface area contributed by atoms with E-state index in [0.29, 0.717) is 6.42 Å². The summed E-state index contributed by atoms with van der Waals surface area (Å²) in [5, 5.41) is 0. The maximum Gasteiger partial charge on any atom is 0.304 e.